The van der Waals surface area contributed by atoms with Crippen LogP contribution in [0.25, 0.3) is 0 Å². The summed E-state index contributed by atoms with van der Waals surface area (Å²) in [5.74, 6) is 0. The Morgan fingerprint density at radius 2 is 0.600 bits per heavy atom. The molecule has 0 aromatic heterocycles. The minimum atomic E-state index is -0.403. The van der Waals surface area contributed by atoms with Crippen LogP contribution in [0.5, 0.6) is 0 Å². The Bertz CT molecular complexity index is 68.6. The Morgan fingerprint density at radius 3 is 0.600 bits per heavy atom. The summed E-state index contributed by atoms with van der Waals surface area (Å²) in [6.07, 6.45) is 0. The molecular formula is C12H32Ge2O. The molecule has 0 heterocycles. The van der Waals surface area contributed by atoms with Gasteiger partial charge in [-0.05, 0) is 0 Å². The van der Waals surface area contributed by atoms with Gasteiger partial charge in [0.2, 0.25) is 0 Å². The molecule has 94 valence electrons. The summed E-state index contributed by atoms with van der Waals surface area (Å²) in [5.41, 5.74) is 0. The van der Waals surface area contributed by atoms with E-state index >= 15 is 0 Å². The first-order valence-corrected chi connectivity index (χ1v) is 15.3. The van der Waals surface area contributed by atoms with Gasteiger partial charge < -0.3 is 5.48 Å². The van der Waals surface area contributed by atoms with E-state index in [1.807, 2.05) is 0 Å². The maximum atomic E-state index is 2.34. The van der Waals surface area contributed by atoms with Gasteiger partial charge in [0.25, 0.3) is 0 Å². The van der Waals surface area contributed by atoms with Crippen molar-refractivity contribution >= 4 is 28.7 Å². The predicted molar refractivity (Wildman–Crippen MR) is 78.0 cm³/mol. The third-order valence-corrected chi connectivity index (χ3v) is 15.6. The maximum absolute atomic E-state index is 2.34. The summed E-state index contributed by atoms with van der Waals surface area (Å²) >= 11 is -0.806. The first-order valence-electron chi connectivity index (χ1n) is 6.36. The molecule has 0 aromatic carbocycles. The van der Waals surface area contributed by atoms with Gasteiger partial charge in [-0.25, -0.2) is 0 Å². The molecule has 0 unspecified atom stereocenters. The van der Waals surface area contributed by atoms with Gasteiger partial charge in [-0.2, -0.15) is 0 Å². The van der Waals surface area contributed by atoms with E-state index in [1.165, 1.54) is 31.5 Å². The van der Waals surface area contributed by atoms with Crippen LogP contribution in [0.4, 0.5) is 0 Å². The smallest absolute Gasteiger partial charge is 0.412 e. The first-order chi connectivity index (χ1) is 6.69. The molecule has 2 N–H and O–H groups in total. The molecule has 15 heavy (non-hydrogen) atoms. The van der Waals surface area contributed by atoms with Crippen LogP contribution < -0.4 is 0 Å². The van der Waals surface area contributed by atoms with E-state index < -0.39 is 28.7 Å². The Labute approximate surface area is 107 Å². The van der Waals surface area contributed by atoms with Crippen molar-refractivity contribution in [1.82, 2.24) is 0 Å². The van der Waals surface area contributed by atoms with E-state index in [4.69, 9.17) is 0 Å². The Balaban J connectivity index is -0.000000180. The minimum Gasteiger partial charge on any atom is -0.412 e. The second-order valence-corrected chi connectivity index (χ2v) is 18.8. The zero-order valence-electron chi connectivity index (χ0n) is 11.7. The SMILES string of the molecule is C[CH2][Ge]([CH2]C)[CH2]C.C[CH2][Ge]([CH2]C)[CH2]C.O. The second kappa shape index (κ2) is 17.4. The Hall–Kier alpha value is 1.05. The normalized spacial score (nSPS) is 9.60. The number of hydrogen-bond acceptors (Lipinski definition) is 0. The fourth-order valence-electron chi connectivity index (χ4n) is 1.50. The van der Waals surface area contributed by atoms with Gasteiger partial charge in [0, 0.05) is 0 Å². The largest absolute Gasteiger partial charge is 0.412 e. The molecule has 0 aromatic rings. The minimum absolute atomic E-state index is 0. The molecule has 0 aliphatic heterocycles. The van der Waals surface area contributed by atoms with E-state index in [0.717, 1.165) is 0 Å². The Kier molecular flexibility index (Phi) is 24.8. The van der Waals surface area contributed by atoms with Crippen LogP contribution in [-0.4, -0.2) is 34.2 Å². The van der Waals surface area contributed by atoms with E-state index in [-0.39, 0.29) is 5.48 Å². The van der Waals surface area contributed by atoms with Crippen molar-refractivity contribution in [3.63, 3.8) is 0 Å². The fraction of sp³-hybridized carbons (Fsp3) is 1.00. The number of hydrogen-bond donors (Lipinski definition) is 0. The van der Waals surface area contributed by atoms with Crippen molar-refractivity contribution in [2.75, 3.05) is 0 Å². The zero-order chi connectivity index (χ0) is 11.4. The summed E-state index contributed by atoms with van der Waals surface area (Å²) in [6.45, 7) is 14.0. The molecule has 0 aliphatic rings. The van der Waals surface area contributed by atoms with Crippen LogP contribution in [0, 0.1) is 0 Å². The van der Waals surface area contributed by atoms with Gasteiger partial charge in [-0.3, -0.25) is 0 Å². The Morgan fingerprint density at radius 1 is 0.467 bits per heavy atom. The predicted octanol–water partition coefficient (Wildman–Crippen LogP) is 4.26. The molecule has 1 nitrogen and oxygen atoms in total. The van der Waals surface area contributed by atoms with E-state index in [9.17, 15) is 0 Å². The molecule has 2 radical (unpaired) electrons. The van der Waals surface area contributed by atoms with Gasteiger partial charge in [-0.1, -0.05) is 0 Å². The molecule has 0 fully saturated rings. The van der Waals surface area contributed by atoms with Crippen molar-refractivity contribution in [2.24, 2.45) is 0 Å². The van der Waals surface area contributed by atoms with Gasteiger partial charge in [0.05, 0.1) is 0 Å². The summed E-state index contributed by atoms with van der Waals surface area (Å²) in [4.78, 5) is 0. The topological polar surface area (TPSA) is 31.5 Å². The van der Waals surface area contributed by atoms with Crippen molar-refractivity contribution < 1.29 is 5.48 Å². The monoisotopic (exact) mass is 340 g/mol. The van der Waals surface area contributed by atoms with Gasteiger partial charge in [-0.15, -0.1) is 0 Å². The van der Waals surface area contributed by atoms with Crippen LogP contribution in [0.3, 0.4) is 0 Å². The van der Waals surface area contributed by atoms with Gasteiger partial charge in [0.1, 0.15) is 0 Å². The van der Waals surface area contributed by atoms with Crippen molar-refractivity contribution in [1.29, 1.82) is 0 Å². The van der Waals surface area contributed by atoms with E-state index in [0.29, 0.717) is 0 Å². The van der Waals surface area contributed by atoms with Crippen LogP contribution >= 0.6 is 0 Å². The van der Waals surface area contributed by atoms with Crippen LogP contribution in [0.1, 0.15) is 41.5 Å². The van der Waals surface area contributed by atoms with Crippen LogP contribution in [0.2, 0.25) is 31.5 Å². The van der Waals surface area contributed by atoms with Gasteiger partial charge in [0.15, 0.2) is 0 Å². The molecule has 0 saturated heterocycles. The fourth-order valence-corrected chi connectivity index (χ4v) is 7.79. The van der Waals surface area contributed by atoms with Gasteiger partial charge >= 0.3 is 102 Å². The molecule has 0 saturated carbocycles. The zero-order valence-corrected chi connectivity index (χ0v) is 15.9. The average molecular weight is 338 g/mol. The maximum Gasteiger partial charge on any atom is -0.412 e. The molecular weight excluding hydrogens is 305 g/mol. The van der Waals surface area contributed by atoms with E-state index in [1.54, 1.807) is 0 Å². The number of rotatable bonds is 6. The third-order valence-electron chi connectivity index (χ3n) is 3.00. The molecule has 0 atom stereocenters. The quantitative estimate of drug-likeness (QED) is 0.649. The standard InChI is InChI=1S/2C6H15Ge.H2O/c2*1-4-7(5-2)6-3;/h2*4-6H2,1-3H3;1H2. The van der Waals surface area contributed by atoms with Crippen LogP contribution in [0.15, 0.2) is 0 Å². The summed E-state index contributed by atoms with van der Waals surface area (Å²) in [7, 11) is 0. The molecule has 0 aliphatic carbocycles. The average Bonchev–Trinajstić information content (AvgIpc) is 2.24. The summed E-state index contributed by atoms with van der Waals surface area (Å²) in [5, 5.41) is 9.12. The summed E-state index contributed by atoms with van der Waals surface area (Å²) < 4.78 is 0. The van der Waals surface area contributed by atoms with Crippen molar-refractivity contribution in [2.45, 2.75) is 73.1 Å². The first kappa shape index (κ1) is 21.3. The molecule has 0 spiro atoms. The van der Waals surface area contributed by atoms with E-state index in [2.05, 4.69) is 41.5 Å². The van der Waals surface area contributed by atoms with Crippen molar-refractivity contribution in [3.8, 4) is 0 Å². The third kappa shape index (κ3) is 15.0. The molecule has 0 rings (SSSR count). The second-order valence-electron chi connectivity index (χ2n) is 3.62. The van der Waals surface area contributed by atoms with Crippen molar-refractivity contribution in [3.05, 3.63) is 0 Å². The van der Waals surface area contributed by atoms with Crippen LogP contribution in [-0.2, 0) is 0 Å². The summed E-state index contributed by atoms with van der Waals surface area (Å²) in [6, 6.07) is 0. The molecule has 0 bridgehead atoms. The molecule has 0 amide bonds. The molecule has 3 heteroatoms.